The summed E-state index contributed by atoms with van der Waals surface area (Å²) in [7, 11) is 0. The van der Waals surface area contributed by atoms with Crippen molar-refractivity contribution in [2.24, 2.45) is 0 Å². The van der Waals surface area contributed by atoms with Gasteiger partial charge in [0, 0.05) is 31.5 Å². The molecule has 17 heavy (non-hydrogen) atoms. The van der Waals surface area contributed by atoms with E-state index in [1.54, 1.807) is 0 Å². The molecule has 1 aliphatic heterocycles. The molecule has 1 fully saturated rings. The Kier molecular flexibility index (Phi) is 5.01. The number of hydrogen-bond donors (Lipinski definition) is 1. The molecule has 1 atom stereocenters. The van der Waals surface area contributed by atoms with Crippen LogP contribution in [0.2, 0.25) is 0 Å². The minimum absolute atomic E-state index is 0.686. The van der Waals surface area contributed by atoms with Gasteiger partial charge in [-0.2, -0.15) is 0 Å². The summed E-state index contributed by atoms with van der Waals surface area (Å²) in [4.78, 5) is 6.67. The predicted octanol–water partition coefficient (Wildman–Crippen LogP) is 1.35. The molecule has 0 bridgehead atoms. The van der Waals surface area contributed by atoms with Crippen LogP contribution in [0.1, 0.15) is 26.2 Å². The van der Waals surface area contributed by atoms with Gasteiger partial charge in [-0.05, 0) is 38.9 Å². The van der Waals surface area contributed by atoms with Crippen LogP contribution >= 0.6 is 0 Å². The van der Waals surface area contributed by atoms with Gasteiger partial charge >= 0.3 is 0 Å². The van der Waals surface area contributed by atoms with Crippen molar-refractivity contribution in [2.45, 2.75) is 38.8 Å². The minimum atomic E-state index is 0.686. The predicted molar refractivity (Wildman–Crippen MR) is 70.0 cm³/mol. The summed E-state index contributed by atoms with van der Waals surface area (Å²) in [5.74, 6) is 0. The first-order chi connectivity index (χ1) is 8.38. The highest BCUT2D eigenvalue weighted by molar-refractivity contribution is 4.77. The van der Waals surface area contributed by atoms with Gasteiger partial charge in [0.05, 0.1) is 6.33 Å². The molecule has 1 aromatic rings. The zero-order valence-corrected chi connectivity index (χ0v) is 10.8. The lowest BCUT2D eigenvalue weighted by Crippen LogP contribution is -2.37. The summed E-state index contributed by atoms with van der Waals surface area (Å²) in [5.41, 5.74) is 0. The molecule has 0 aromatic carbocycles. The summed E-state index contributed by atoms with van der Waals surface area (Å²) in [6.45, 7) is 8.19. The van der Waals surface area contributed by atoms with Crippen molar-refractivity contribution >= 4 is 0 Å². The van der Waals surface area contributed by atoms with Crippen molar-refractivity contribution in [1.82, 2.24) is 19.8 Å². The van der Waals surface area contributed by atoms with Crippen LogP contribution in [0, 0.1) is 0 Å². The number of aromatic nitrogens is 2. The topological polar surface area (TPSA) is 33.1 Å². The quantitative estimate of drug-likeness (QED) is 0.837. The summed E-state index contributed by atoms with van der Waals surface area (Å²) >= 11 is 0. The van der Waals surface area contributed by atoms with Crippen LogP contribution in [0.3, 0.4) is 0 Å². The van der Waals surface area contributed by atoms with E-state index in [4.69, 9.17) is 0 Å². The second-order valence-corrected chi connectivity index (χ2v) is 4.87. The molecule has 2 rings (SSSR count). The van der Waals surface area contributed by atoms with Gasteiger partial charge in [0.15, 0.2) is 0 Å². The normalized spacial score (nSPS) is 22.5. The van der Waals surface area contributed by atoms with E-state index in [9.17, 15) is 0 Å². The number of hydrogen-bond acceptors (Lipinski definition) is 3. The molecular formula is C13H24N4. The van der Waals surface area contributed by atoms with E-state index in [0.29, 0.717) is 6.04 Å². The van der Waals surface area contributed by atoms with Crippen LogP contribution in [0.15, 0.2) is 18.7 Å². The highest BCUT2D eigenvalue weighted by Gasteiger charge is 2.15. The van der Waals surface area contributed by atoms with Gasteiger partial charge < -0.3 is 14.8 Å². The number of nitrogens with zero attached hydrogens (tertiary/aromatic N) is 3. The van der Waals surface area contributed by atoms with E-state index in [-0.39, 0.29) is 0 Å². The van der Waals surface area contributed by atoms with Gasteiger partial charge in [-0.3, -0.25) is 0 Å². The summed E-state index contributed by atoms with van der Waals surface area (Å²) in [6, 6.07) is 0.686. The molecule has 0 spiro atoms. The standard InChI is InChI=1S/C13H24N4/c1-2-13-11-16(7-3-5-15-13)8-4-9-17-10-6-14-12-17/h6,10,12-13,15H,2-5,7-9,11H2,1H3. The summed E-state index contributed by atoms with van der Waals surface area (Å²) in [5, 5.41) is 3.61. The molecule has 1 aromatic heterocycles. The van der Waals surface area contributed by atoms with Gasteiger partial charge in [-0.25, -0.2) is 4.98 Å². The summed E-state index contributed by atoms with van der Waals surface area (Å²) < 4.78 is 2.16. The van der Waals surface area contributed by atoms with Gasteiger partial charge in [0.25, 0.3) is 0 Å². The molecular weight excluding hydrogens is 212 g/mol. The van der Waals surface area contributed by atoms with Crippen molar-refractivity contribution in [3.8, 4) is 0 Å². The summed E-state index contributed by atoms with van der Waals surface area (Å²) in [6.07, 6.45) is 9.52. The second kappa shape index (κ2) is 6.77. The monoisotopic (exact) mass is 236 g/mol. The molecule has 2 heterocycles. The Morgan fingerprint density at radius 2 is 2.35 bits per heavy atom. The lowest BCUT2D eigenvalue weighted by molar-refractivity contribution is 0.257. The molecule has 96 valence electrons. The third kappa shape index (κ3) is 4.13. The SMILES string of the molecule is CCC1CN(CCCn2ccnc2)CCCN1. The second-order valence-electron chi connectivity index (χ2n) is 4.87. The maximum absolute atomic E-state index is 4.07. The molecule has 0 saturated carbocycles. The Morgan fingerprint density at radius 3 is 3.12 bits per heavy atom. The van der Waals surface area contributed by atoms with Gasteiger partial charge in [-0.15, -0.1) is 0 Å². The third-order valence-electron chi connectivity index (χ3n) is 3.51. The minimum Gasteiger partial charge on any atom is -0.337 e. The Balaban J connectivity index is 1.70. The zero-order valence-electron chi connectivity index (χ0n) is 10.8. The van der Waals surface area contributed by atoms with Crippen LogP contribution in [0.5, 0.6) is 0 Å². The van der Waals surface area contributed by atoms with Gasteiger partial charge in [0.2, 0.25) is 0 Å². The van der Waals surface area contributed by atoms with E-state index in [2.05, 4.69) is 26.7 Å². The smallest absolute Gasteiger partial charge is 0.0945 e. The average Bonchev–Trinajstić information content (AvgIpc) is 2.74. The Labute approximate surface area is 104 Å². The van der Waals surface area contributed by atoms with Crippen molar-refractivity contribution < 1.29 is 0 Å². The molecule has 4 nitrogen and oxygen atoms in total. The van der Waals surface area contributed by atoms with Crippen LogP contribution in [0.25, 0.3) is 0 Å². The van der Waals surface area contributed by atoms with Crippen LogP contribution in [-0.4, -0.2) is 46.7 Å². The van der Waals surface area contributed by atoms with E-state index in [0.717, 1.165) is 6.54 Å². The fourth-order valence-corrected chi connectivity index (χ4v) is 2.45. The molecule has 1 saturated heterocycles. The highest BCUT2D eigenvalue weighted by Crippen LogP contribution is 2.04. The first-order valence-electron chi connectivity index (χ1n) is 6.80. The number of imidazole rings is 1. The van der Waals surface area contributed by atoms with Crippen LogP contribution < -0.4 is 5.32 Å². The van der Waals surface area contributed by atoms with Crippen molar-refractivity contribution in [2.75, 3.05) is 26.2 Å². The average molecular weight is 236 g/mol. The molecule has 1 unspecified atom stereocenters. The zero-order chi connectivity index (χ0) is 11.9. The maximum Gasteiger partial charge on any atom is 0.0945 e. The molecule has 1 aliphatic rings. The molecule has 0 radical (unpaired) electrons. The Hall–Kier alpha value is -0.870. The maximum atomic E-state index is 4.07. The largest absolute Gasteiger partial charge is 0.337 e. The number of rotatable bonds is 5. The van der Waals surface area contributed by atoms with E-state index in [1.807, 2.05) is 18.7 Å². The van der Waals surface area contributed by atoms with Gasteiger partial charge in [-0.1, -0.05) is 6.92 Å². The third-order valence-corrected chi connectivity index (χ3v) is 3.51. The Morgan fingerprint density at radius 1 is 1.41 bits per heavy atom. The van der Waals surface area contributed by atoms with E-state index in [1.165, 1.54) is 45.4 Å². The van der Waals surface area contributed by atoms with Gasteiger partial charge in [0.1, 0.15) is 0 Å². The molecule has 0 aliphatic carbocycles. The number of nitrogens with one attached hydrogen (secondary N) is 1. The first kappa shape index (κ1) is 12.6. The van der Waals surface area contributed by atoms with E-state index < -0.39 is 0 Å². The lowest BCUT2D eigenvalue weighted by atomic mass is 10.2. The fourth-order valence-electron chi connectivity index (χ4n) is 2.45. The van der Waals surface area contributed by atoms with Crippen molar-refractivity contribution in [3.05, 3.63) is 18.7 Å². The highest BCUT2D eigenvalue weighted by atomic mass is 15.2. The number of aryl methyl sites for hydroxylation is 1. The van der Waals surface area contributed by atoms with Crippen LogP contribution in [-0.2, 0) is 6.54 Å². The molecule has 4 heteroatoms. The van der Waals surface area contributed by atoms with Crippen molar-refractivity contribution in [1.29, 1.82) is 0 Å². The Bertz CT molecular complexity index is 296. The van der Waals surface area contributed by atoms with Crippen molar-refractivity contribution in [3.63, 3.8) is 0 Å². The van der Waals surface area contributed by atoms with Crippen LogP contribution in [0.4, 0.5) is 0 Å². The van der Waals surface area contributed by atoms with E-state index >= 15 is 0 Å². The lowest BCUT2D eigenvalue weighted by Gasteiger charge is -2.23. The fraction of sp³-hybridized carbons (Fsp3) is 0.769. The molecule has 1 N–H and O–H groups in total. The first-order valence-corrected chi connectivity index (χ1v) is 6.80. The molecule has 0 amide bonds.